The van der Waals surface area contributed by atoms with Gasteiger partial charge in [-0.05, 0) is 0 Å². The third-order valence-electron chi connectivity index (χ3n) is 3.87. The molecule has 0 spiro atoms. The summed E-state index contributed by atoms with van der Waals surface area (Å²) in [6, 6.07) is 6.86. The van der Waals surface area contributed by atoms with Crippen LogP contribution in [0.5, 0.6) is 0 Å². The van der Waals surface area contributed by atoms with Crippen molar-refractivity contribution in [2.75, 3.05) is 6.61 Å². The molecule has 4 N–H and O–H groups in total. The van der Waals surface area contributed by atoms with Gasteiger partial charge in [0.1, 0.15) is 0 Å². The molecule has 7 nitrogen and oxygen atoms in total. The number of rotatable bonds is 1. The number of benzene rings is 1. The van der Waals surface area contributed by atoms with Gasteiger partial charge in [0, 0.05) is 199 Å². The van der Waals surface area contributed by atoms with Gasteiger partial charge >= 0.3 is 160 Å². The summed E-state index contributed by atoms with van der Waals surface area (Å²) >= 11 is 5.07. The first kappa shape index (κ1) is 42.7. The molecule has 1 aliphatic carbocycles. The number of hydrogen-bond acceptors (Lipinski definition) is 7. The van der Waals surface area contributed by atoms with E-state index in [1.165, 1.54) is 4.97 Å². The zero-order chi connectivity index (χ0) is 18.7. The number of ether oxygens (including phenoxy) is 1. The van der Waals surface area contributed by atoms with E-state index < -0.39 is 29.4 Å². The molecule has 1 saturated heterocycles. The van der Waals surface area contributed by atoms with E-state index in [1.807, 2.05) is 0 Å². The molecule has 1 aromatic carbocycles. The molecular formula is C16H16Ac4AuO7Se2. The molecule has 2 aliphatic rings. The second kappa shape index (κ2) is 21.6. The van der Waals surface area contributed by atoms with Crippen LogP contribution in [0.2, 0.25) is 0 Å². The van der Waals surface area contributed by atoms with Crippen LogP contribution in [0.1, 0.15) is 20.7 Å². The second-order valence-corrected chi connectivity index (χ2v) is 6.90. The monoisotopic (exact) mass is 1590 g/mol. The summed E-state index contributed by atoms with van der Waals surface area (Å²) in [5.74, 6) is -0.362. The molecule has 1 aromatic rings. The molecule has 14 heteroatoms. The Morgan fingerprint density at radius 3 is 1.70 bits per heavy atom. The van der Waals surface area contributed by atoms with Crippen molar-refractivity contribution in [2.24, 2.45) is 0 Å². The summed E-state index contributed by atoms with van der Waals surface area (Å²) < 4.78 is 4.96. The summed E-state index contributed by atoms with van der Waals surface area (Å²) in [6.07, 6.45) is -4.51. The summed E-state index contributed by atoms with van der Waals surface area (Å²) in [4.78, 5) is 24.5. The maximum Gasteiger partial charge on any atom is 0 e. The zero-order valence-electron chi connectivity index (χ0n) is 15.4. The van der Waals surface area contributed by atoms with Gasteiger partial charge in [0.2, 0.25) is 0 Å². The van der Waals surface area contributed by atoms with Crippen LogP contribution >= 0.6 is 0 Å². The topological polar surface area (TPSA) is 124 Å². The molecule has 0 bridgehead atoms. The predicted molar refractivity (Wildman–Crippen MR) is 88.5 cm³/mol. The molecular weight excluding hydrogens is 1570 g/mol. The predicted octanol–water partition coefficient (Wildman–Crippen LogP) is -1.93. The van der Waals surface area contributed by atoms with Gasteiger partial charge in [0.05, 0.1) is 0 Å². The van der Waals surface area contributed by atoms with Gasteiger partial charge in [-0.1, -0.05) is 0 Å². The van der Waals surface area contributed by atoms with Crippen molar-refractivity contribution in [2.45, 2.75) is 29.4 Å². The summed E-state index contributed by atoms with van der Waals surface area (Å²) in [5, 5.41) is 35.6. The van der Waals surface area contributed by atoms with Gasteiger partial charge in [-0.15, -0.1) is 0 Å². The number of aliphatic hydroxyl groups is 4. The summed E-state index contributed by atoms with van der Waals surface area (Å²) in [5.41, 5.74) is 1.25. The van der Waals surface area contributed by atoms with Crippen LogP contribution in [0.25, 0.3) is 0 Å². The summed E-state index contributed by atoms with van der Waals surface area (Å²) in [7, 11) is 0. The van der Waals surface area contributed by atoms with E-state index in [9.17, 15) is 24.9 Å². The first-order valence-corrected chi connectivity index (χ1v) is 9.28. The van der Waals surface area contributed by atoms with Gasteiger partial charge in [-0.3, -0.25) is 0 Å². The minimum atomic E-state index is -1.28. The van der Waals surface area contributed by atoms with Crippen LogP contribution in [-0.4, -0.2) is 100 Å². The maximum absolute atomic E-state index is 11.5. The number of aliphatic hydroxyl groups excluding tert-OH is 4. The van der Waals surface area contributed by atoms with Crippen LogP contribution in [-0.2, 0) is 27.1 Å². The van der Waals surface area contributed by atoms with E-state index in [1.54, 1.807) is 24.3 Å². The third-order valence-corrected chi connectivity index (χ3v) is 5.18. The Bertz CT molecular complexity index is 672. The number of carbonyl (C=O) groups is 2. The van der Waals surface area contributed by atoms with Gasteiger partial charge in [-0.2, -0.15) is 0 Å². The van der Waals surface area contributed by atoms with Crippen LogP contribution in [0.15, 0.2) is 34.8 Å². The Kier molecular flexibility index (Phi) is 30.7. The fourth-order valence-corrected chi connectivity index (χ4v) is 3.53. The molecule has 157 valence electrons. The molecule has 5 unspecified atom stereocenters. The molecule has 30 heavy (non-hydrogen) atoms. The minimum absolute atomic E-state index is 0. The van der Waals surface area contributed by atoms with Crippen molar-refractivity contribution in [1.82, 2.24) is 0 Å². The van der Waals surface area contributed by atoms with E-state index in [0.29, 0.717) is 11.1 Å². The zero-order valence-corrected chi connectivity index (χ0v) is 40.0. The maximum atomic E-state index is 11.5. The number of fused-ring (bicyclic) bond motifs is 1. The van der Waals surface area contributed by atoms with Gasteiger partial charge in [-0.25, -0.2) is 0 Å². The third kappa shape index (κ3) is 11.2. The molecule has 0 saturated carbocycles. The van der Waals surface area contributed by atoms with E-state index in [2.05, 4.69) is 32.0 Å². The fourth-order valence-electron chi connectivity index (χ4n) is 2.45. The Morgan fingerprint density at radius 2 is 1.33 bits per heavy atom. The molecule has 5 atom stereocenters. The van der Waals surface area contributed by atoms with Gasteiger partial charge < -0.3 is 0 Å². The first-order chi connectivity index (χ1) is 11.8. The van der Waals surface area contributed by atoms with Crippen molar-refractivity contribution >= 4 is 43.6 Å². The summed E-state index contributed by atoms with van der Waals surface area (Å²) in [6.45, 7) is -0.386. The smallest absolute Gasteiger partial charge is 0 e. The minimum Gasteiger partial charge on any atom is 0 e. The molecule has 0 aromatic heterocycles. The quantitative estimate of drug-likeness (QED) is 0.147. The molecule has 3 rings (SSSR count). The Morgan fingerprint density at radius 1 is 0.900 bits per heavy atom. The van der Waals surface area contributed by atoms with Crippen LogP contribution in [0.4, 0.5) is 0 Å². The first-order valence-electron chi connectivity index (χ1n) is 7.30. The number of Topliss-reactive ketones (excluding diaryl/α,β-unsaturated/α-hetero) is 2. The van der Waals surface area contributed by atoms with E-state index in [4.69, 9.17) is 9.84 Å². The standard InChI is InChI=1S/C10H5O2Se.C6H11O5Se.4Ac.Au/c11-9-6-3-1-2-4-7(6)10(12)8(9)5-13;7-1-2-3(8)4(9)5(10)6(12)11-2;;;;;/h1-5H;2-10H,1H2;;;;;. The number of allylic oxidation sites excluding steroid dienone is 1. The SMILES string of the molecule is O=C1C(=C[Se])C(=O)c2ccccc21.OCC1OC([Se])C(O)C(O)C1O.[Ac].[Ac].[Ac].[Ac].[Au]. The molecule has 1 aliphatic heterocycles. The number of ketones is 2. The van der Waals surface area contributed by atoms with Gasteiger partial charge in [0.25, 0.3) is 0 Å². The van der Waals surface area contributed by atoms with Crippen LogP contribution in [0.3, 0.4) is 0 Å². The average molecular weight is 1580 g/mol. The number of hydrogen-bond donors (Lipinski definition) is 4. The van der Waals surface area contributed by atoms with Crippen LogP contribution < -0.4 is 0 Å². The van der Waals surface area contributed by atoms with Crippen molar-refractivity contribution < 1.29 is 233 Å². The van der Waals surface area contributed by atoms with Crippen molar-refractivity contribution in [3.05, 3.63) is 45.9 Å². The number of carbonyl (C=O) groups excluding carboxylic acids is 2. The Balaban J connectivity index is -0.000000194. The molecule has 1 fully saturated rings. The van der Waals surface area contributed by atoms with Crippen molar-refractivity contribution in [3.63, 3.8) is 0 Å². The van der Waals surface area contributed by atoms with Crippen molar-refractivity contribution in [3.8, 4) is 0 Å². The average Bonchev–Trinajstić information content (AvgIpc) is 2.87. The fraction of sp³-hybridized carbons (Fsp3) is 0.375. The van der Waals surface area contributed by atoms with Crippen molar-refractivity contribution in [1.29, 1.82) is 0 Å². The van der Waals surface area contributed by atoms with E-state index in [0.717, 1.165) is 0 Å². The second-order valence-electron chi connectivity index (χ2n) is 5.43. The Hall–Kier alpha value is 5.65. The van der Waals surface area contributed by atoms with E-state index >= 15 is 0 Å². The van der Waals surface area contributed by atoms with Gasteiger partial charge in [0.15, 0.2) is 0 Å². The van der Waals surface area contributed by atoms with E-state index in [-0.39, 0.29) is 222 Å². The molecule has 1 heterocycles. The molecule has 7 radical (unpaired) electrons. The normalized spacial score (nSPS) is 26.0. The Labute approximate surface area is 350 Å². The largest absolute Gasteiger partial charge is 0 e. The molecule has 0 amide bonds. The van der Waals surface area contributed by atoms with Crippen LogP contribution in [0, 0.1) is 176 Å².